The largest absolute Gasteiger partial charge is 0.756 e. The Morgan fingerprint density at radius 3 is 2.92 bits per heavy atom. The first-order valence-corrected chi connectivity index (χ1v) is 3.62. The number of nitrogen functional groups attached to an aromatic ring is 1. The van der Waals surface area contributed by atoms with Crippen molar-refractivity contribution >= 4 is 18.6 Å². The zero-order valence-corrected chi connectivity index (χ0v) is 7.17. The van der Waals surface area contributed by atoms with Gasteiger partial charge in [0.1, 0.15) is 0 Å². The van der Waals surface area contributed by atoms with Crippen LogP contribution in [0.5, 0.6) is 0 Å². The molecule has 0 saturated carbocycles. The van der Waals surface area contributed by atoms with Crippen LogP contribution in [0.1, 0.15) is 17.4 Å². The standard InChI is InChI=1S/C5H8N4O2S/c1-2-11-5(10)3-4(12)9(6)8-7-3/h12H,2,6H2,1H3/p-1. The van der Waals surface area contributed by atoms with E-state index in [1.165, 1.54) is 0 Å². The van der Waals surface area contributed by atoms with Crippen LogP contribution in [0, 0.1) is 0 Å². The Balaban J connectivity index is 2.88. The van der Waals surface area contributed by atoms with Crippen LogP contribution in [0.4, 0.5) is 0 Å². The number of carbonyl (C=O) groups is 1. The van der Waals surface area contributed by atoms with Crippen molar-refractivity contribution in [3.63, 3.8) is 0 Å². The summed E-state index contributed by atoms with van der Waals surface area (Å²) < 4.78 is 4.65. The summed E-state index contributed by atoms with van der Waals surface area (Å²) in [5.41, 5.74) is -0.0191. The summed E-state index contributed by atoms with van der Waals surface area (Å²) in [6.45, 7) is 1.96. The maximum Gasteiger partial charge on any atom is 0.358 e. The molecule has 0 atom stereocenters. The van der Waals surface area contributed by atoms with Crippen molar-refractivity contribution in [2.45, 2.75) is 11.9 Å². The van der Waals surface area contributed by atoms with E-state index >= 15 is 0 Å². The number of nitrogens with zero attached hydrogens (tertiary/aromatic N) is 3. The predicted octanol–water partition coefficient (Wildman–Crippen LogP) is -0.926. The minimum absolute atomic E-state index is 0.0191. The highest BCUT2D eigenvalue weighted by Crippen LogP contribution is 2.02. The predicted molar refractivity (Wildman–Crippen MR) is 41.8 cm³/mol. The normalized spacial score (nSPS) is 9.75. The summed E-state index contributed by atoms with van der Waals surface area (Å²) in [6.07, 6.45) is 0. The first-order valence-electron chi connectivity index (χ1n) is 3.21. The summed E-state index contributed by atoms with van der Waals surface area (Å²) in [5.74, 6) is 4.61. The third kappa shape index (κ3) is 1.45. The summed E-state index contributed by atoms with van der Waals surface area (Å²) in [6, 6.07) is 0. The summed E-state index contributed by atoms with van der Waals surface area (Å²) in [4.78, 5) is 11.9. The molecule has 0 radical (unpaired) electrons. The van der Waals surface area contributed by atoms with Crippen molar-refractivity contribution in [3.05, 3.63) is 5.69 Å². The lowest BCUT2D eigenvalue weighted by Gasteiger charge is -2.05. The smallest absolute Gasteiger partial charge is 0.358 e. The van der Waals surface area contributed by atoms with Gasteiger partial charge >= 0.3 is 5.97 Å². The molecule has 0 bridgehead atoms. The minimum Gasteiger partial charge on any atom is -0.756 e. The van der Waals surface area contributed by atoms with E-state index in [1.54, 1.807) is 6.92 Å². The average Bonchev–Trinajstić information content (AvgIpc) is 2.34. The molecule has 66 valence electrons. The fraction of sp³-hybridized carbons (Fsp3) is 0.400. The topological polar surface area (TPSA) is 83.0 Å². The van der Waals surface area contributed by atoms with Gasteiger partial charge in [-0.3, -0.25) is 0 Å². The molecule has 0 saturated heterocycles. The average molecular weight is 187 g/mol. The molecule has 0 aromatic carbocycles. The molecule has 0 aliphatic heterocycles. The molecule has 0 aliphatic carbocycles. The van der Waals surface area contributed by atoms with Crippen LogP contribution >= 0.6 is 0 Å². The second kappa shape index (κ2) is 3.35. The highest BCUT2D eigenvalue weighted by molar-refractivity contribution is 7.58. The van der Waals surface area contributed by atoms with E-state index in [1.807, 2.05) is 0 Å². The lowest BCUT2D eigenvalue weighted by atomic mass is 10.5. The Labute approximate surface area is 74.1 Å². The number of rotatable bonds is 2. The zero-order chi connectivity index (χ0) is 9.14. The van der Waals surface area contributed by atoms with E-state index in [9.17, 15) is 4.79 Å². The molecule has 0 unspecified atom stereocenters. The van der Waals surface area contributed by atoms with Crippen molar-refractivity contribution in [2.75, 3.05) is 12.4 Å². The van der Waals surface area contributed by atoms with Crippen molar-refractivity contribution < 1.29 is 9.53 Å². The lowest BCUT2D eigenvalue weighted by Crippen LogP contribution is -2.13. The Morgan fingerprint density at radius 1 is 1.83 bits per heavy atom. The third-order valence-electron chi connectivity index (χ3n) is 1.12. The molecule has 6 nitrogen and oxygen atoms in total. The Bertz CT molecular complexity index is 298. The van der Waals surface area contributed by atoms with Gasteiger partial charge in [-0.2, -0.15) is 4.79 Å². The number of hydrogen-bond acceptors (Lipinski definition) is 6. The Hall–Kier alpha value is -1.37. The maximum atomic E-state index is 11.0. The Kier molecular flexibility index (Phi) is 2.44. The van der Waals surface area contributed by atoms with Gasteiger partial charge in [-0.15, -0.1) is 5.10 Å². The van der Waals surface area contributed by atoms with E-state index < -0.39 is 5.97 Å². The molecule has 1 rings (SSSR count). The molecule has 0 amide bonds. The van der Waals surface area contributed by atoms with Crippen LogP contribution in [0.3, 0.4) is 0 Å². The van der Waals surface area contributed by atoms with Gasteiger partial charge in [0.25, 0.3) is 0 Å². The second-order valence-electron chi connectivity index (χ2n) is 1.91. The fourth-order valence-electron chi connectivity index (χ4n) is 0.612. The number of esters is 1. The van der Waals surface area contributed by atoms with Crippen LogP contribution in [-0.4, -0.2) is 27.7 Å². The fourth-order valence-corrected chi connectivity index (χ4v) is 0.773. The monoisotopic (exact) mass is 187 g/mol. The number of nitrogens with two attached hydrogens (primary N) is 1. The van der Waals surface area contributed by atoms with Gasteiger partial charge in [0, 0.05) is 0 Å². The molecule has 7 heteroatoms. The van der Waals surface area contributed by atoms with E-state index in [0.29, 0.717) is 0 Å². The first kappa shape index (κ1) is 8.72. The summed E-state index contributed by atoms with van der Waals surface area (Å²) in [5, 5.41) is 6.88. The van der Waals surface area contributed by atoms with Gasteiger partial charge in [-0.25, -0.2) is 4.79 Å². The lowest BCUT2D eigenvalue weighted by molar-refractivity contribution is 0.0515. The van der Waals surface area contributed by atoms with Crippen molar-refractivity contribution in [3.8, 4) is 0 Å². The van der Waals surface area contributed by atoms with Crippen LogP contribution in [0.15, 0.2) is 5.03 Å². The van der Waals surface area contributed by atoms with E-state index in [2.05, 4.69) is 15.0 Å². The van der Waals surface area contributed by atoms with Crippen molar-refractivity contribution in [1.29, 1.82) is 0 Å². The number of hydrogen-bond donors (Lipinski definition) is 1. The molecule has 12 heavy (non-hydrogen) atoms. The van der Waals surface area contributed by atoms with Gasteiger partial charge < -0.3 is 23.2 Å². The van der Waals surface area contributed by atoms with Gasteiger partial charge in [-0.05, 0) is 17.2 Å². The van der Waals surface area contributed by atoms with Gasteiger partial charge in [0.15, 0.2) is 5.69 Å². The SMILES string of the molecule is CCOC(=O)c1nnn(N)c1[S-]. The minimum atomic E-state index is -0.598. The molecular weight excluding hydrogens is 180 g/mol. The summed E-state index contributed by atoms with van der Waals surface area (Å²) >= 11 is 4.73. The van der Waals surface area contributed by atoms with Gasteiger partial charge in [0.2, 0.25) is 0 Å². The van der Waals surface area contributed by atoms with Crippen LogP contribution in [-0.2, 0) is 17.4 Å². The highest BCUT2D eigenvalue weighted by atomic mass is 32.1. The molecule has 1 heterocycles. The highest BCUT2D eigenvalue weighted by Gasteiger charge is 2.11. The number of ether oxygens (including phenoxy) is 1. The van der Waals surface area contributed by atoms with Crippen molar-refractivity contribution in [2.24, 2.45) is 0 Å². The molecule has 0 aliphatic rings. The first-order chi connectivity index (χ1) is 5.66. The number of carbonyl (C=O) groups excluding carboxylic acids is 1. The molecule has 2 N–H and O–H groups in total. The molecule has 1 aromatic heterocycles. The Morgan fingerprint density at radius 2 is 2.50 bits per heavy atom. The van der Waals surface area contributed by atoms with Crippen LogP contribution in [0.2, 0.25) is 0 Å². The second-order valence-corrected chi connectivity index (χ2v) is 2.29. The number of aromatic nitrogens is 3. The maximum absolute atomic E-state index is 11.0. The molecule has 0 spiro atoms. The molecule has 0 fully saturated rings. The van der Waals surface area contributed by atoms with Crippen LogP contribution in [0.25, 0.3) is 0 Å². The van der Waals surface area contributed by atoms with E-state index in [-0.39, 0.29) is 17.3 Å². The van der Waals surface area contributed by atoms with Gasteiger partial charge in [0.05, 0.1) is 6.61 Å². The molecular formula is C5H7N4O2S-. The summed E-state index contributed by atoms with van der Waals surface area (Å²) in [7, 11) is 0. The van der Waals surface area contributed by atoms with Crippen LogP contribution < -0.4 is 5.84 Å². The third-order valence-corrected chi connectivity index (χ3v) is 1.50. The van der Waals surface area contributed by atoms with E-state index in [0.717, 1.165) is 4.79 Å². The zero-order valence-electron chi connectivity index (χ0n) is 6.35. The van der Waals surface area contributed by atoms with Crippen molar-refractivity contribution in [1.82, 2.24) is 15.1 Å². The molecule has 1 aromatic rings. The quantitative estimate of drug-likeness (QED) is 0.366. The van der Waals surface area contributed by atoms with E-state index in [4.69, 9.17) is 18.5 Å². The van der Waals surface area contributed by atoms with Gasteiger partial charge in [-0.1, -0.05) is 0 Å².